The van der Waals surface area contributed by atoms with Crippen molar-refractivity contribution in [2.45, 2.75) is 19.8 Å². The number of nitrogens with two attached hydrogens (primary N) is 1. The number of aromatic nitrogens is 3. The Balaban J connectivity index is 2.19. The van der Waals surface area contributed by atoms with E-state index in [-0.39, 0.29) is 0 Å². The van der Waals surface area contributed by atoms with Crippen molar-refractivity contribution in [3.8, 4) is 11.1 Å². The fourth-order valence-corrected chi connectivity index (χ4v) is 2.50. The fraction of sp³-hybridized carbons (Fsp3) is 0.250. The zero-order valence-corrected chi connectivity index (χ0v) is 12.0. The van der Waals surface area contributed by atoms with Gasteiger partial charge in [-0.3, -0.25) is 9.67 Å². The number of fused-ring (bicyclic) bond motifs is 1. The molecule has 0 aliphatic rings. The van der Waals surface area contributed by atoms with Crippen molar-refractivity contribution in [1.29, 1.82) is 0 Å². The molecule has 0 aliphatic heterocycles. The van der Waals surface area contributed by atoms with E-state index in [2.05, 4.69) is 42.1 Å². The van der Waals surface area contributed by atoms with Crippen LogP contribution >= 0.6 is 0 Å². The maximum atomic E-state index is 6.04. The molecule has 1 aromatic carbocycles. The van der Waals surface area contributed by atoms with Gasteiger partial charge in [0.2, 0.25) is 0 Å². The fourth-order valence-electron chi connectivity index (χ4n) is 2.50. The average Bonchev–Trinajstić information content (AvgIpc) is 2.77. The van der Waals surface area contributed by atoms with Crippen molar-refractivity contribution in [3.63, 3.8) is 0 Å². The van der Waals surface area contributed by atoms with Crippen molar-refractivity contribution >= 4 is 16.6 Å². The number of nitrogens with zero attached hydrogens (tertiary/aromatic N) is 3. The summed E-state index contributed by atoms with van der Waals surface area (Å²) in [5.74, 6) is 1.14. The van der Waals surface area contributed by atoms with Crippen molar-refractivity contribution in [2.75, 3.05) is 5.73 Å². The maximum Gasteiger partial charge on any atom is 0.129 e. The quantitative estimate of drug-likeness (QED) is 0.774. The molecule has 2 aromatic heterocycles. The maximum absolute atomic E-state index is 6.04. The van der Waals surface area contributed by atoms with Crippen molar-refractivity contribution in [2.24, 2.45) is 7.05 Å². The van der Waals surface area contributed by atoms with E-state index >= 15 is 0 Å². The second-order valence-electron chi connectivity index (χ2n) is 5.39. The van der Waals surface area contributed by atoms with Gasteiger partial charge in [0.05, 0.1) is 6.20 Å². The summed E-state index contributed by atoms with van der Waals surface area (Å²) in [6, 6.07) is 6.37. The van der Waals surface area contributed by atoms with E-state index in [1.165, 1.54) is 10.9 Å². The summed E-state index contributed by atoms with van der Waals surface area (Å²) in [7, 11) is 1.85. The molecule has 2 heterocycles. The van der Waals surface area contributed by atoms with Crippen molar-refractivity contribution < 1.29 is 0 Å². The monoisotopic (exact) mass is 266 g/mol. The molecule has 0 spiro atoms. The van der Waals surface area contributed by atoms with Gasteiger partial charge in [0.25, 0.3) is 0 Å². The molecule has 3 rings (SSSR count). The van der Waals surface area contributed by atoms with E-state index < -0.39 is 0 Å². The molecule has 4 heteroatoms. The second-order valence-corrected chi connectivity index (χ2v) is 5.39. The Morgan fingerprint density at radius 3 is 2.60 bits per heavy atom. The van der Waals surface area contributed by atoms with E-state index in [9.17, 15) is 0 Å². The highest BCUT2D eigenvalue weighted by molar-refractivity contribution is 5.90. The van der Waals surface area contributed by atoms with Crippen LogP contribution in [0.5, 0.6) is 0 Å². The van der Waals surface area contributed by atoms with Crippen LogP contribution in [-0.4, -0.2) is 14.8 Å². The van der Waals surface area contributed by atoms with E-state index in [0.717, 1.165) is 16.5 Å². The van der Waals surface area contributed by atoms with E-state index in [0.29, 0.717) is 11.7 Å². The first kappa shape index (κ1) is 12.7. The first-order chi connectivity index (χ1) is 9.58. The number of hydrogen-bond donors (Lipinski definition) is 1. The van der Waals surface area contributed by atoms with Gasteiger partial charge in [0, 0.05) is 30.4 Å². The molecule has 3 aromatic rings. The van der Waals surface area contributed by atoms with Gasteiger partial charge in [0.1, 0.15) is 5.82 Å². The number of benzene rings is 1. The molecule has 0 amide bonds. The minimum atomic E-state index is 0.459. The van der Waals surface area contributed by atoms with Crippen LogP contribution in [0.2, 0.25) is 0 Å². The molecule has 0 atom stereocenters. The van der Waals surface area contributed by atoms with E-state index in [1.54, 1.807) is 10.9 Å². The van der Waals surface area contributed by atoms with Crippen LogP contribution in [0, 0.1) is 0 Å². The average molecular weight is 266 g/mol. The molecule has 0 saturated carbocycles. The van der Waals surface area contributed by atoms with Gasteiger partial charge in [0.15, 0.2) is 0 Å². The van der Waals surface area contributed by atoms with Gasteiger partial charge >= 0.3 is 0 Å². The Hall–Kier alpha value is -2.36. The Labute approximate surface area is 118 Å². The lowest BCUT2D eigenvalue weighted by Gasteiger charge is -2.10. The van der Waals surface area contributed by atoms with Gasteiger partial charge in [-0.1, -0.05) is 26.0 Å². The number of hydrogen-bond acceptors (Lipinski definition) is 3. The third-order valence-corrected chi connectivity index (χ3v) is 3.71. The third-order valence-electron chi connectivity index (χ3n) is 3.71. The Morgan fingerprint density at radius 1 is 1.15 bits per heavy atom. The molecule has 0 radical (unpaired) electrons. The second kappa shape index (κ2) is 4.63. The topological polar surface area (TPSA) is 56.7 Å². The van der Waals surface area contributed by atoms with Crippen LogP contribution in [0.15, 0.2) is 36.8 Å². The number of aryl methyl sites for hydroxylation is 1. The summed E-state index contributed by atoms with van der Waals surface area (Å²) in [4.78, 5) is 4.34. The highest BCUT2D eigenvalue weighted by atomic mass is 15.3. The minimum absolute atomic E-state index is 0.459. The lowest BCUT2D eigenvalue weighted by molar-refractivity contribution is 0.779. The summed E-state index contributed by atoms with van der Waals surface area (Å²) in [6.45, 7) is 4.37. The summed E-state index contributed by atoms with van der Waals surface area (Å²) in [6.07, 6.45) is 5.65. The molecule has 0 bridgehead atoms. The lowest BCUT2D eigenvalue weighted by Crippen LogP contribution is -1.98. The normalized spacial score (nSPS) is 11.4. The van der Waals surface area contributed by atoms with Gasteiger partial charge in [-0.15, -0.1) is 0 Å². The van der Waals surface area contributed by atoms with Crippen LogP contribution in [0.1, 0.15) is 25.3 Å². The first-order valence-corrected chi connectivity index (χ1v) is 6.73. The molecule has 0 aliphatic carbocycles. The first-order valence-electron chi connectivity index (χ1n) is 6.73. The molecule has 20 heavy (non-hydrogen) atoms. The summed E-state index contributed by atoms with van der Waals surface area (Å²) in [5.41, 5.74) is 9.35. The number of nitrogen functional groups attached to an aromatic ring is 1. The van der Waals surface area contributed by atoms with Crippen LogP contribution in [-0.2, 0) is 7.05 Å². The standard InChI is InChI=1S/C16H18N4/c1-10(2)14-8-18-7-12-6-11(4-5-13(12)14)15-9-19-20(3)16(15)17/h4-10H,17H2,1-3H3. The number of anilines is 1. The lowest BCUT2D eigenvalue weighted by atomic mass is 9.96. The van der Waals surface area contributed by atoms with Crippen molar-refractivity contribution in [1.82, 2.24) is 14.8 Å². The predicted molar refractivity (Wildman–Crippen MR) is 82.4 cm³/mol. The Kier molecular flexibility index (Phi) is 2.93. The van der Waals surface area contributed by atoms with Gasteiger partial charge in [-0.05, 0) is 28.5 Å². The summed E-state index contributed by atoms with van der Waals surface area (Å²) in [5, 5.41) is 6.58. The summed E-state index contributed by atoms with van der Waals surface area (Å²) < 4.78 is 1.68. The Morgan fingerprint density at radius 2 is 1.95 bits per heavy atom. The minimum Gasteiger partial charge on any atom is -0.383 e. The van der Waals surface area contributed by atoms with Crippen LogP contribution in [0.3, 0.4) is 0 Å². The largest absolute Gasteiger partial charge is 0.383 e. The highest BCUT2D eigenvalue weighted by Gasteiger charge is 2.10. The predicted octanol–water partition coefficient (Wildman–Crippen LogP) is 3.34. The summed E-state index contributed by atoms with van der Waals surface area (Å²) >= 11 is 0. The zero-order chi connectivity index (χ0) is 14.3. The molecule has 0 saturated heterocycles. The molecular weight excluding hydrogens is 248 g/mol. The van der Waals surface area contributed by atoms with Crippen LogP contribution < -0.4 is 5.73 Å². The van der Waals surface area contributed by atoms with E-state index in [1.807, 2.05) is 19.4 Å². The Bertz CT molecular complexity index is 771. The van der Waals surface area contributed by atoms with Gasteiger partial charge in [-0.2, -0.15) is 5.10 Å². The van der Waals surface area contributed by atoms with Gasteiger partial charge < -0.3 is 5.73 Å². The van der Waals surface area contributed by atoms with Gasteiger partial charge in [-0.25, -0.2) is 0 Å². The molecule has 4 nitrogen and oxygen atoms in total. The van der Waals surface area contributed by atoms with Crippen molar-refractivity contribution in [3.05, 3.63) is 42.4 Å². The number of pyridine rings is 1. The zero-order valence-electron chi connectivity index (χ0n) is 12.0. The number of rotatable bonds is 2. The van der Waals surface area contributed by atoms with Crippen LogP contribution in [0.25, 0.3) is 21.9 Å². The molecule has 2 N–H and O–H groups in total. The molecule has 102 valence electrons. The highest BCUT2D eigenvalue weighted by Crippen LogP contribution is 2.30. The smallest absolute Gasteiger partial charge is 0.129 e. The molecule has 0 unspecified atom stereocenters. The van der Waals surface area contributed by atoms with Crippen LogP contribution in [0.4, 0.5) is 5.82 Å². The molecular formula is C16H18N4. The van der Waals surface area contributed by atoms with E-state index in [4.69, 9.17) is 5.73 Å². The SMILES string of the molecule is CC(C)c1cncc2cc(-c3cnn(C)c3N)ccc12. The third kappa shape index (κ3) is 1.93. The molecule has 0 fully saturated rings.